The Bertz CT molecular complexity index is 730. The molecular weight excluding hydrogens is 358 g/mol. The maximum atomic E-state index is 5.44. The summed E-state index contributed by atoms with van der Waals surface area (Å²) in [4.78, 5) is 8.83. The summed E-state index contributed by atoms with van der Waals surface area (Å²) in [7, 11) is 0. The second kappa shape index (κ2) is 9.90. The zero-order valence-corrected chi connectivity index (χ0v) is 17.5. The molecule has 0 saturated heterocycles. The molecule has 7 heteroatoms. The molecule has 0 aliphatic carbocycles. The Kier molecular flexibility index (Phi) is 7.29. The second-order valence-electron chi connectivity index (χ2n) is 6.76. The lowest BCUT2D eigenvalue weighted by molar-refractivity contribution is 0.260. The van der Waals surface area contributed by atoms with Crippen molar-refractivity contribution in [2.45, 2.75) is 53.1 Å². The summed E-state index contributed by atoms with van der Waals surface area (Å²) in [6.45, 7) is 11.8. The quantitative estimate of drug-likeness (QED) is 0.537. The molecule has 27 heavy (non-hydrogen) atoms. The zero-order valence-electron chi connectivity index (χ0n) is 16.7. The van der Waals surface area contributed by atoms with E-state index in [4.69, 9.17) is 9.52 Å². The first-order valence-electron chi connectivity index (χ1n) is 10.0. The lowest BCUT2D eigenvalue weighted by atomic mass is 10.1. The average molecular weight is 390 g/mol. The van der Waals surface area contributed by atoms with Crippen molar-refractivity contribution in [1.82, 2.24) is 20.7 Å². The SMILES string of the molecule is CCNC(=NCc1c(CC)noc1CC)NCCN1CCc2sccc2C1. The van der Waals surface area contributed by atoms with E-state index in [1.807, 2.05) is 11.3 Å². The van der Waals surface area contributed by atoms with Gasteiger partial charge in [-0.05, 0) is 36.8 Å². The summed E-state index contributed by atoms with van der Waals surface area (Å²) >= 11 is 1.89. The normalized spacial score (nSPS) is 15.0. The topological polar surface area (TPSA) is 65.7 Å². The van der Waals surface area contributed by atoms with Crippen LogP contribution in [0.3, 0.4) is 0 Å². The molecule has 0 amide bonds. The van der Waals surface area contributed by atoms with Gasteiger partial charge in [-0.25, -0.2) is 4.99 Å². The Hall–Kier alpha value is -1.86. The summed E-state index contributed by atoms with van der Waals surface area (Å²) in [5.74, 6) is 1.81. The maximum Gasteiger partial charge on any atom is 0.191 e. The van der Waals surface area contributed by atoms with Crippen LogP contribution in [0.25, 0.3) is 0 Å². The Labute approximate surface area is 166 Å². The van der Waals surface area contributed by atoms with Gasteiger partial charge >= 0.3 is 0 Å². The van der Waals surface area contributed by atoms with Gasteiger partial charge in [-0.15, -0.1) is 11.3 Å². The fourth-order valence-corrected chi connectivity index (χ4v) is 4.34. The third kappa shape index (κ3) is 5.11. The molecule has 148 valence electrons. The number of nitrogens with one attached hydrogen (secondary N) is 2. The van der Waals surface area contributed by atoms with Gasteiger partial charge in [-0.1, -0.05) is 19.0 Å². The highest BCUT2D eigenvalue weighted by atomic mass is 32.1. The predicted octanol–water partition coefficient (Wildman–Crippen LogP) is 2.97. The summed E-state index contributed by atoms with van der Waals surface area (Å²) in [5.41, 5.74) is 3.66. The van der Waals surface area contributed by atoms with Crippen molar-refractivity contribution in [1.29, 1.82) is 0 Å². The van der Waals surface area contributed by atoms with Crippen LogP contribution < -0.4 is 10.6 Å². The standard InChI is InChI=1S/C20H31N5OS/c1-4-17-16(18(5-2)26-24-17)13-23-20(21-6-3)22-9-11-25-10-7-19-15(14-25)8-12-27-19/h8,12H,4-7,9-11,13-14H2,1-3H3,(H2,21,22,23). The molecular formula is C20H31N5OS. The molecule has 3 heterocycles. The molecule has 0 aromatic carbocycles. The number of nitrogens with zero attached hydrogens (tertiary/aromatic N) is 3. The van der Waals surface area contributed by atoms with Crippen LogP contribution in [0.2, 0.25) is 0 Å². The lowest BCUT2D eigenvalue weighted by Gasteiger charge is -2.27. The van der Waals surface area contributed by atoms with E-state index in [1.54, 1.807) is 4.88 Å². The largest absolute Gasteiger partial charge is 0.361 e. The minimum Gasteiger partial charge on any atom is -0.361 e. The Morgan fingerprint density at radius 1 is 1.30 bits per heavy atom. The number of thiophene rings is 1. The monoisotopic (exact) mass is 389 g/mol. The van der Waals surface area contributed by atoms with Crippen molar-refractivity contribution in [3.63, 3.8) is 0 Å². The average Bonchev–Trinajstić information content (AvgIpc) is 3.31. The third-order valence-electron chi connectivity index (χ3n) is 4.95. The molecule has 6 nitrogen and oxygen atoms in total. The number of hydrogen-bond donors (Lipinski definition) is 2. The van der Waals surface area contributed by atoms with E-state index in [-0.39, 0.29) is 0 Å². The van der Waals surface area contributed by atoms with E-state index in [0.29, 0.717) is 6.54 Å². The van der Waals surface area contributed by atoms with Crippen LogP contribution in [0.15, 0.2) is 21.0 Å². The minimum absolute atomic E-state index is 0.604. The van der Waals surface area contributed by atoms with Crippen LogP contribution in [-0.4, -0.2) is 42.2 Å². The van der Waals surface area contributed by atoms with Gasteiger partial charge in [0.1, 0.15) is 5.76 Å². The first kappa shape index (κ1) is 19.9. The zero-order chi connectivity index (χ0) is 19.1. The fourth-order valence-electron chi connectivity index (χ4n) is 3.45. The molecule has 2 aromatic rings. The van der Waals surface area contributed by atoms with Gasteiger partial charge in [0.05, 0.1) is 12.2 Å². The Morgan fingerprint density at radius 3 is 2.96 bits per heavy atom. The van der Waals surface area contributed by atoms with Crippen LogP contribution in [0.4, 0.5) is 0 Å². The first-order chi connectivity index (χ1) is 13.2. The van der Waals surface area contributed by atoms with Gasteiger partial charge in [0.15, 0.2) is 5.96 Å². The van der Waals surface area contributed by atoms with Crippen LogP contribution in [0.5, 0.6) is 0 Å². The molecule has 0 unspecified atom stereocenters. The molecule has 0 radical (unpaired) electrons. The fraction of sp³-hybridized carbons (Fsp3) is 0.600. The predicted molar refractivity (Wildman–Crippen MR) is 111 cm³/mol. The van der Waals surface area contributed by atoms with E-state index in [0.717, 1.165) is 68.5 Å². The van der Waals surface area contributed by atoms with E-state index < -0.39 is 0 Å². The van der Waals surface area contributed by atoms with Gasteiger partial charge in [0.2, 0.25) is 0 Å². The van der Waals surface area contributed by atoms with Crippen LogP contribution >= 0.6 is 11.3 Å². The molecule has 0 atom stereocenters. The minimum atomic E-state index is 0.604. The van der Waals surface area contributed by atoms with Crippen molar-refractivity contribution in [2.24, 2.45) is 4.99 Å². The van der Waals surface area contributed by atoms with Gasteiger partial charge in [-0.3, -0.25) is 4.90 Å². The third-order valence-corrected chi connectivity index (χ3v) is 5.98. The van der Waals surface area contributed by atoms with Crippen molar-refractivity contribution in [2.75, 3.05) is 26.2 Å². The van der Waals surface area contributed by atoms with E-state index in [1.165, 1.54) is 12.0 Å². The molecule has 2 aromatic heterocycles. The smallest absolute Gasteiger partial charge is 0.191 e. The molecule has 0 spiro atoms. The first-order valence-corrected chi connectivity index (χ1v) is 10.9. The molecule has 0 saturated carbocycles. The van der Waals surface area contributed by atoms with Crippen LogP contribution in [-0.2, 0) is 32.4 Å². The van der Waals surface area contributed by atoms with Crippen molar-refractivity contribution in [3.05, 3.63) is 38.9 Å². The van der Waals surface area contributed by atoms with Gasteiger partial charge in [0, 0.05) is 49.6 Å². The second-order valence-corrected chi connectivity index (χ2v) is 7.76. The van der Waals surface area contributed by atoms with Gasteiger partial charge in [-0.2, -0.15) is 0 Å². The van der Waals surface area contributed by atoms with Crippen molar-refractivity contribution < 1.29 is 4.52 Å². The van der Waals surface area contributed by atoms with E-state index in [9.17, 15) is 0 Å². The van der Waals surface area contributed by atoms with E-state index in [2.05, 4.69) is 52.9 Å². The number of guanidine groups is 1. The number of fused-ring (bicyclic) bond motifs is 1. The molecule has 1 aliphatic heterocycles. The van der Waals surface area contributed by atoms with Gasteiger partial charge < -0.3 is 15.2 Å². The summed E-state index contributed by atoms with van der Waals surface area (Å²) < 4.78 is 5.44. The van der Waals surface area contributed by atoms with E-state index >= 15 is 0 Å². The summed E-state index contributed by atoms with van der Waals surface area (Å²) in [5, 5.41) is 13.2. The summed E-state index contributed by atoms with van der Waals surface area (Å²) in [6.07, 6.45) is 2.90. The number of aryl methyl sites for hydroxylation is 2. The highest BCUT2D eigenvalue weighted by molar-refractivity contribution is 7.10. The molecule has 1 aliphatic rings. The van der Waals surface area contributed by atoms with Crippen molar-refractivity contribution >= 4 is 17.3 Å². The molecule has 3 rings (SSSR count). The molecule has 2 N–H and O–H groups in total. The molecule has 0 fully saturated rings. The highest BCUT2D eigenvalue weighted by Gasteiger charge is 2.17. The highest BCUT2D eigenvalue weighted by Crippen LogP contribution is 2.23. The van der Waals surface area contributed by atoms with Crippen molar-refractivity contribution in [3.8, 4) is 0 Å². The number of rotatable bonds is 8. The number of aliphatic imine (C=N–C) groups is 1. The summed E-state index contributed by atoms with van der Waals surface area (Å²) in [6, 6.07) is 2.26. The van der Waals surface area contributed by atoms with Crippen LogP contribution in [0.1, 0.15) is 48.2 Å². The van der Waals surface area contributed by atoms with Gasteiger partial charge in [0.25, 0.3) is 0 Å². The molecule has 0 bridgehead atoms. The Morgan fingerprint density at radius 2 is 2.19 bits per heavy atom. The Balaban J connectivity index is 1.53. The number of aromatic nitrogens is 1. The number of hydrogen-bond acceptors (Lipinski definition) is 5. The maximum absolute atomic E-state index is 5.44. The van der Waals surface area contributed by atoms with Crippen LogP contribution in [0, 0.1) is 0 Å². The lowest BCUT2D eigenvalue weighted by Crippen LogP contribution is -2.42.